The molecule has 2 bridgehead atoms. The van der Waals surface area contributed by atoms with Crippen molar-refractivity contribution in [3.63, 3.8) is 0 Å². The van der Waals surface area contributed by atoms with Gasteiger partial charge in [0.1, 0.15) is 0 Å². The van der Waals surface area contributed by atoms with Crippen LogP contribution in [0.5, 0.6) is 0 Å². The summed E-state index contributed by atoms with van der Waals surface area (Å²) in [7, 11) is 1.68. The van der Waals surface area contributed by atoms with E-state index in [9.17, 15) is 9.90 Å². The number of carboxylic acid groups (broad SMARTS) is 1. The zero-order chi connectivity index (χ0) is 19.3. The van der Waals surface area contributed by atoms with Crippen LogP contribution >= 0.6 is 0 Å². The van der Waals surface area contributed by atoms with Crippen molar-refractivity contribution in [1.29, 1.82) is 0 Å². The first kappa shape index (κ1) is 17.0. The van der Waals surface area contributed by atoms with Crippen LogP contribution in [0.2, 0.25) is 0 Å². The summed E-state index contributed by atoms with van der Waals surface area (Å²) in [5.74, 6) is 1.09. The molecule has 28 heavy (non-hydrogen) atoms. The van der Waals surface area contributed by atoms with Crippen molar-refractivity contribution in [2.24, 2.45) is 5.92 Å². The second kappa shape index (κ2) is 6.48. The van der Waals surface area contributed by atoms with Gasteiger partial charge in [0.15, 0.2) is 0 Å². The first-order valence-corrected chi connectivity index (χ1v) is 9.65. The Labute approximate surface area is 163 Å². The van der Waals surface area contributed by atoms with Crippen LogP contribution in [0, 0.1) is 5.92 Å². The minimum Gasteiger partial charge on any atom is -0.465 e. The molecule has 1 N–H and O–H groups in total. The maximum Gasteiger partial charge on any atom is 0.407 e. The molecule has 0 radical (unpaired) electrons. The van der Waals surface area contributed by atoms with Crippen LogP contribution in [0.25, 0.3) is 22.0 Å². The summed E-state index contributed by atoms with van der Waals surface area (Å²) < 4.78 is 0. The van der Waals surface area contributed by atoms with Crippen molar-refractivity contribution < 1.29 is 9.90 Å². The Bertz CT molecular complexity index is 1050. The number of benzene rings is 2. The predicted molar refractivity (Wildman–Crippen MR) is 108 cm³/mol. The van der Waals surface area contributed by atoms with E-state index in [1.807, 2.05) is 24.4 Å². The standard InChI is InChI=1S/C22H22N4O2/c1-25(22(27)28)20-12-18-11-17(20)13-26(18)21-23-9-8-19(24-21)16-7-6-14-4-2-3-5-15(14)10-16/h2-10,17-18,20H,11-13H2,1H3,(H,27,28)/t17-,18-,20-/m1/s1. The summed E-state index contributed by atoms with van der Waals surface area (Å²) in [6.45, 7) is 0.814. The van der Waals surface area contributed by atoms with Crippen molar-refractivity contribution in [2.75, 3.05) is 18.5 Å². The molecular formula is C22H22N4O2. The molecule has 1 aliphatic carbocycles. The smallest absolute Gasteiger partial charge is 0.407 e. The molecule has 3 aromatic rings. The molecule has 2 aromatic carbocycles. The predicted octanol–water partition coefficient (Wildman–Crippen LogP) is 3.87. The lowest BCUT2D eigenvalue weighted by molar-refractivity contribution is 0.125. The van der Waals surface area contributed by atoms with Crippen LogP contribution < -0.4 is 4.90 Å². The Morgan fingerprint density at radius 2 is 1.96 bits per heavy atom. The fourth-order valence-electron chi connectivity index (χ4n) is 4.78. The summed E-state index contributed by atoms with van der Waals surface area (Å²) >= 11 is 0. The number of carbonyl (C=O) groups is 1. The number of anilines is 1. The third kappa shape index (κ3) is 2.76. The molecule has 142 valence electrons. The van der Waals surface area contributed by atoms with Crippen LogP contribution in [0.15, 0.2) is 54.7 Å². The Balaban J connectivity index is 1.40. The van der Waals surface area contributed by atoms with Crippen LogP contribution in [-0.4, -0.2) is 51.7 Å². The van der Waals surface area contributed by atoms with Crippen LogP contribution in [0.1, 0.15) is 12.8 Å². The van der Waals surface area contributed by atoms with Gasteiger partial charge in [-0.2, -0.15) is 0 Å². The molecule has 1 aromatic heterocycles. The minimum atomic E-state index is -0.848. The summed E-state index contributed by atoms with van der Waals surface area (Å²) in [5.41, 5.74) is 1.99. The Hall–Kier alpha value is -3.15. The van der Waals surface area contributed by atoms with E-state index in [1.165, 1.54) is 15.7 Å². The highest BCUT2D eigenvalue weighted by atomic mass is 16.4. The van der Waals surface area contributed by atoms with E-state index >= 15 is 0 Å². The lowest BCUT2D eigenvalue weighted by Gasteiger charge is -2.35. The molecular weight excluding hydrogens is 352 g/mol. The maximum absolute atomic E-state index is 11.3. The van der Waals surface area contributed by atoms with Gasteiger partial charge in [-0.15, -0.1) is 0 Å². The van der Waals surface area contributed by atoms with Gasteiger partial charge in [-0.3, -0.25) is 0 Å². The van der Waals surface area contributed by atoms with E-state index in [0.717, 1.165) is 36.6 Å². The highest BCUT2D eigenvalue weighted by Crippen LogP contribution is 2.41. The minimum absolute atomic E-state index is 0.0995. The SMILES string of the molecule is CN(C(=O)O)[C@@H]1C[C@H]2C[C@@H]1CN2c1nccc(-c2ccc3ccccc3c2)n1. The van der Waals surface area contributed by atoms with Crippen LogP contribution in [-0.2, 0) is 0 Å². The molecule has 2 heterocycles. The molecule has 0 spiro atoms. The number of rotatable bonds is 3. The molecule has 1 saturated heterocycles. The highest BCUT2D eigenvalue weighted by molar-refractivity contribution is 5.86. The lowest BCUT2D eigenvalue weighted by Crippen LogP contribution is -2.46. The molecule has 1 aliphatic heterocycles. The van der Waals surface area contributed by atoms with E-state index in [4.69, 9.17) is 4.98 Å². The van der Waals surface area contributed by atoms with E-state index < -0.39 is 6.09 Å². The molecule has 0 unspecified atom stereocenters. The topological polar surface area (TPSA) is 69.6 Å². The molecule has 2 fully saturated rings. The van der Waals surface area contributed by atoms with Gasteiger partial charge in [-0.1, -0.05) is 36.4 Å². The molecule has 1 amide bonds. The third-order valence-electron chi connectivity index (χ3n) is 6.25. The molecule has 1 saturated carbocycles. The third-order valence-corrected chi connectivity index (χ3v) is 6.25. The summed E-state index contributed by atoms with van der Waals surface area (Å²) in [4.78, 5) is 24.4. The summed E-state index contributed by atoms with van der Waals surface area (Å²) in [5, 5.41) is 11.7. The highest BCUT2D eigenvalue weighted by Gasteiger charge is 2.48. The Kier molecular flexibility index (Phi) is 3.93. The number of hydrogen-bond acceptors (Lipinski definition) is 4. The molecule has 2 aliphatic rings. The number of aromatic nitrogens is 2. The van der Waals surface area contributed by atoms with Gasteiger partial charge in [0.25, 0.3) is 0 Å². The second-order valence-corrected chi connectivity index (χ2v) is 7.80. The fraction of sp³-hybridized carbons (Fsp3) is 0.318. The van der Waals surface area contributed by atoms with E-state index in [0.29, 0.717) is 12.0 Å². The normalized spacial score (nSPS) is 23.3. The van der Waals surface area contributed by atoms with Crippen molar-refractivity contribution in [2.45, 2.75) is 24.9 Å². The summed E-state index contributed by atoms with van der Waals surface area (Å²) in [6, 6.07) is 17.0. The van der Waals surface area contributed by atoms with Crippen molar-refractivity contribution in [3.8, 4) is 11.3 Å². The number of hydrogen-bond donors (Lipinski definition) is 1. The molecule has 5 rings (SSSR count). The zero-order valence-electron chi connectivity index (χ0n) is 15.7. The van der Waals surface area contributed by atoms with E-state index in [-0.39, 0.29) is 6.04 Å². The number of amides is 1. The summed E-state index contributed by atoms with van der Waals surface area (Å²) in [6.07, 6.45) is 2.82. The number of piperidine rings is 1. The molecule has 3 atom stereocenters. The first-order valence-electron chi connectivity index (χ1n) is 9.65. The molecule has 6 heteroatoms. The van der Waals surface area contributed by atoms with Crippen LogP contribution in [0.3, 0.4) is 0 Å². The quantitative estimate of drug-likeness (QED) is 0.754. The lowest BCUT2D eigenvalue weighted by atomic mass is 10.0. The fourth-order valence-corrected chi connectivity index (χ4v) is 4.78. The van der Waals surface area contributed by atoms with Gasteiger partial charge in [-0.25, -0.2) is 14.8 Å². The first-order chi connectivity index (χ1) is 13.6. The largest absolute Gasteiger partial charge is 0.465 e. The molecule has 6 nitrogen and oxygen atoms in total. The number of fused-ring (bicyclic) bond motifs is 3. The monoisotopic (exact) mass is 374 g/mol. The average molecular weight is 374 g/mol. The maximum atomic E-state index is 11.3. The second-order valence-electron chi connectivity index (χ2n) is 7.80. The van der Waals surface area contributed by atoms with Gasteiger partial charge in [0, 0.05) is 37.4 Å². The van der Waals surface area contributed by atoms with Gasteiger partial charge in [-0.05, 0) is 41.7 Å². The van der Waals surface area contributed by atoms with Gasteiger partial charge < -0.3 is 14.9 Å². The zero-order valence-corrected chi connectivity index (χ0v) is 15.7. The Morgan fingerprint density at radius 3 is 2.71 bits per heavy atom. The van der Waals surface area contributed by atoms with Crippen molar-refractivity contribution in [3.05, 3.63) is 54.7 Å². The van der Waals surface area contributed by atoms with Crippen molar-refractivity contribution >= 4 is 22.8 Å². The van der Waals surface area contributed by atoms with Gasteiger partial charge in [0.05, 0.1) is 5.69 Å². The van der Waals surface area contributed by atoms with E-state index in [1.54, 1.807) is 7.05 Å². The Morgan fingerprint density at radius 1 is 1.14 bits per heavy atom. The average Bonchev–Trinajstić information content (AvgIpc) is 3.34. The van der Waals surface area contributed by atoms with Crippen LogP contribution in [0.4, 0.5) is 10.7 Å². The van der Waals surface area contributed by atoms with Gasteiger partial charge >= 0.3 is 6.09 Å². The van der Waals surface area contributed by atoms with Crippen molar-refractivity contribution in [1.82, 2.24) is 14.9 Å². The number of nitrogens with zero attached hydrogens (tertiary/aromatic N) is 4. The van der Waals surface area contributed by atoms with E-state index in [2.05, 4.69) is 40.2 Å². The van der Waals surface area contributed by atoms with Gasteiger partial charge in [0.2, 0.25) is 5.95 Å².